The van der Waals surface area contributed by atoms with Gasteiger partial charge in [-0.25, -0.2) is 4.79 Å². The zero-order chi connectivity index (χ0) is 25.1. The highest BCUT2D eigenvalue weighted by Crippen LogP contribution is 2.43. The number of carbonyl (C=O) groups excluding carboxylic acids is 2. The molecule has 4 aromatic rings. The number of hydrogen-bond acceptors (Lipinski definition) is 8. The monoisotopic (exact) mass is 474 g/mol. The molecule has 178 valence electrons. The van der Waals surface area contributed by atoms with E-state index in [0.29, 0.717) is 16.7 Å². The summed E-state index contributed by atoms with van der Waals surface area (Å²) in [5.41, 5.74) is 1.02. The molecule has 4 rings (SSSR count). The third-order valence-corrected chi connectivity index (χ3v) is 5.74. The molecule has 0 bridgehead atoms. The standard InChI is InChI=1S/C27H22O8/c1-33-23(31)12-18(15-8-10-17(11-9-15)27(32)34-2)24-19(28)13-20(29)25-21(30)14-22(35-26(24)25)16-6-4-3-5-7-16/h3-11,13-14,18,28-29H,12H2,1-2H3. The van der Waals surface area contributed by atoms with Gasteiger partial charge in [0.15, 0.2) is 5.43 Å². The summed E-state index contributed by atoms with van der Waals surface area (Å²) >= 11 is 0. The van der Waals surface area contributed by atoms with E-state index in [1.54, 1.807) is 36.4 Å². The van der Waals surface area contributed by atoms with Gasteiger partial charge in [0, 0.05) is 29.2 Å². The lowest BCUT2D eigenvalue weighted by atomic mass is 9.86. The molecule has 0 spiro atoms. The van der Waals surface area contributed by atoms with Crippen molar-refractivity contribution in [3.63, 3.8) is 0 Å². The summed E-state index contributed by atoms with van der Waals surface area (Å²) in [5.74, 6) is -2.52. The van der Waals surface area contributed by atoms with Crippen LogP contribution in [0, 0.1) is 0 Å². The molecule has 1 heterocycles. The highest BCUT2D eigenvalue weighted by Gasteiger charge is 2.28. The lowest BCUT2D eigenvalue weighted by Crippen LogP contribution is -2.12. The third kappa shape index (κ3) is 4.59. The number of hydrogen-bond donors (Lipinski definition) is 2. The number of aromatic hydroxyl groups is 2. The van der Waals surface area contributed by atoms with Crippen LogP contribution in [0.3, 0.4) is 0 Å². The first-order valence-corrected chi connectivity index (χ1v) is 10.7. The first kappa shape index (κ1) is 23.6. The van der Waals surface area contributed by atoms with E-state index in [4.69, 9.17) is 13.9 Å². The van der Waals surface area contributed by atoms with Crippen LogP contribution in [0.25, 0.3) is 22.3 Å². The largest absolute Gasteiger partial charge is 0.507 e. The van der Waals surface area contributed by atoms with Gasteiger partial charge in [-0.15, -0.1) is 0 Å². The van der Waals surface area contributed by atoms with E-state index in [-0.39, 0.29) is 34.5 Å². The molecule has 0 saturated heterocycles. The highest BCUT2D eigenvalue weighted by atomic mass is 16.5. The van der Waals surface area contributed by atoms with Crippen LogP contribution in [0.1, 0.15) is 33.8 Å². The molecule has 0 saturated carbocycles. The minimum atomic E-state index is -0.827. The summed E-state index contributed by atoms with van der Waals surface area (Å²) in [6.07, 6.45) is -0.208. The van der Waals surface area contributed by atoms with Gasteiger partial charge in [0.1, 0.15) is 28.2 Å². The van der Waals surface area contributed by atoms with Crippen molar-refractivity contribution in [2.75, 3.05) is 14.2 Å². The van der Waals surface area contributed by atoms with Crippen LogP contribution >= 0.6 is 0 Å². The molecular weight excluding hydrogens is 452 g/mol. The number of carbonyl (C=O) groups is 2. The van der Waals surface area contributed by atoms with E-state index in [0.717, 1.165) is 6.07 Å². The minimum Gasteiger partial charge on any atom is -0.507 e. The van der Waals surface area contributed by atoms with E-state index in [2.05, 4.69) is 0 Å². The Morgan fingerprint density at radius 3 is 2.23 bits per heavy atom. The molecule has 0 aliphatic carbocycles. The maximum atomic E-state index is 13.0. The molecule has 35 heavy (non-hydrogen) atoms. The number of esters is 2. The van der Waals surface area contributed by atoms with Crippen molar-refractivity contribution in [3.05, 3.63) is 93.6 Å². The fourth-order valence-corrected chi connectivity index (χ4v) is 4.01. The van der Waals surface area contributed by atoms with Crippen LogP contribution in [0.2, 0.25) is 0 Å². The van der Waals surface area contributed by atoms with Crippen LogP contribution in [0.4, 0.5) is 0 Å². The van der Waals surface area contributed by atoms with Gasteiger partial charge in [0.05, 0.1) is 26.2 Å². The van der Waals surface area contributed by atoms with Gasteiger partial charge in [0.25, 0.3) is 0 Å². The predicted octanol–water partition coefficient (Wildman–Crippen LogP) is 4.35. The van der Waals surface area contributed by atoms with Crippen LogP contribution in [-0.2, 0) is 14.3 Å². The summed E-state index contributed by atoms with van der Waals surface area (Å²) in [4.78, 5) is 37.2. The number of ether oxygens (including phenoxy) is 2. The average molecular weight is 474 g/mol. The van der Waals surface area contributed by atoms with Crippen LogP contribution in [0.15, 0.2) is 75.9 Å². The Hall–Kier alpha value is -4.59. The minimum absolute atomic E-state index is 0.0557. The van der Waals surface area contributed by atoms with E-state index >= 15 is 0 Å². The van der Waals surface area contributed by atoms with Gasteiger partial charge in [0.2, 0.25) is 0 Å². The summed E-state index contributed by atoms with van der Waals surface area (Å²) in [6.45, 7) is 0. The summed E-state index contributed by atoms with van der Waals surface area (Å²) in [7, 11) is 2.51. The van der Waals surface area contributed by atoms with Crippen molar-refractivity contribution >= 4 is 22.9 Å². The van der Waals surface area contributed by atoms with Crippen molar-refractivity contribution in [3.8, 4) is 22.8 Å². The zero-order valence-electron chi connectivity index (χ0n) is 19.0. The van der Waals surface area contributed by atoms with Gasteiger partial charge < -0.3 is 24.1 Å². The molecule has 0 fully saturated rings. The molecule has 8 heteroatoms. The fraction of sp³-hybridized carbons (Fsp3) is 0.148. The predicted molar refractivity (Wildman–Crippen MR) is 128 cm³/mol. The molecule has 0 radical (unpaired) electrons. The Kier molecular flexibility index (Phi) is 6.55. The van der Waals surface area contributed by atoms with Gasteiger partial charge in [-0.1, -0.05) is 42.5 Å². The average Bonchev–Trinajstić information content (AvgIpc) is 2.87. The summed E-state index contributed by atoms with van der Waals surface area (Å²) in [6, 6.07) is 17.5. The van der Waals surface area contributed by atoms with Gasteiger partial charge in [-0.2, -0.15) is 0 Å². The maximum absolute atomic E-state index is 13.0. The van der Waals surface area contributed by atoms with Crippen molar-refractivity contribution < 1.29 is 33.7 Å². The molecule has 3 aromatic carbocycles. The molecule has 1 unspecified atom stereocenters. The second-order valence-electron chi connectivity index (χ2n) is 7.82. The molecule has 0 amide bonds. The first-order chi connectivity index (χ1) is 16.8. The van der Waals surface area contributed by atoms with E-state index in [9.17, 15) is 24.6 Å². The topological polar surface area (TPSA) is 123 Å². The summed E-state index contributed by atoms with van der Waals surface area (Å²) in [5, 5.41) is 21.2. The normalized spacial score (nSPS) is 11.7. The molecule has 1 aromatic heterocycles. The number of rotatable bonds is 6. The van der Waals surface area contributed by atoms with Crippen molar-refractivity contribution in [2.45, 2.75) is 12.3 Å². The smallest absolute Gasteiger partial charge is 0.337 e. The van der Waals surface area contributed by atoms with Crippen LogP contribution in [0.5, 0.6) is 11.5 Å². The van der Waals surface area contributed by atoms with E-state index < -0.39 is 29.0 Å². The number of fused-ring (bicyclic) bond motifs is 1. The van der Waals surface area contributed by atoms with Crippen molar-refractivity contribution in [1.82, 2.24) is 0 Å². The Morgan fingerprint density at radius 2 is 1.60 bits per heavy atom. The van der Waals surface area contributed by atoms with Crippen LogP contribution < -0.4 is 5.43 Å². The van der Waals surface area contributed by atoms with Crippen LogP contribution in [-0.4, -0.2) is 36.4 Å². The second kappa shape index (κ2) is 9.72. The SMILES string of the molecule is COC(=O)CC(c1ccc(C(=O)OC)cc1)c1c(O)cc(O)c2c(=O)cc(-c3ccccc3)oc12. The lowest BCUT2D eigenvalue weighted by Gasteiger charge is -2.20. The highest BCUT2D eigenvalue weighted by molar-refractivity contribution is 5.91. The van der Waals surface area contributed by atoms with Crippen molar-refractivity contribution in [2.24, 2.45) is 0 Å². The zero-order valence-corrected chi connectivity index (χ0v) is 19.0. The second-order valence-corrected chi connectivity index (χ2v) is 7.82. The Morgan fingerprint density at radius 1 is 0.914 bits per heavy atom. The molecule has 0 aliphatic heterocycles. The lowest BCUT2D eigenvalue weighted by molar-refractivity contribution is -0.140. The molecule has 2 N–H and O–H groups in total. The summed E-state index contributed by atoms with van der Waals surface area (Å²) < 4.78 is 15.7. The third-order valence-electron chi connectivity index (χ3n) is 5.74. The molecule has 8 nitrogen and oxygen atoms in total. The molecule has 0 aliphatic rings. The Bertz CT molecular complexity index is 1450. The van der Waals surface area contributed by atoms with E-state index in [1.807, 2.05) is 6.07 Å². The van der Waals surface area contributed by atoms with Gasteiger partial charge in [-0.3, -0.25) is 9.59 Å². The maximum Gasteiger partial charge on any atom is 0.337 e. The Labute approximate surface area is 200 Å². The van der Waals surface area contributed by atoms with E-state index in [1.165, 1.54) is 32.4 Å². The fourth-order valence-electron chi connectivity index (χ4n) is 4.01. The van der Waals surface area contributed by atoms with Gasteiger partial charge >= 0.3 is 11.9 Å². The molecule has 1 atom stereocenters. The number of methoxy groups -OCH3 is 2. The van der Waals surface area contributed by atoms with Crippen molar-refractivity contribution in [1.29, 1.82) is 0 Å². The quantitative estimate of drug-likeness (QED) is 0.395. The molecular formula is C27H22O8. The first-order valence-electron chi connectivity index (χ1n) is 10.7. The Balaban J connectivity index is 1.99. The van der Waals surface area contributed by atoms with Gasteiger partial charge in [-0.05, 0) is 17.7 Å². The number of phenolic OH excluding ortho intramolecular Hbond substituents is 2. The number of benzene rings is 3. The number of phenols is 2.